The summed E-state index contributed by atoms with van der Waals surface area (Å²) in [6.45, 7) is 0. The standard InChI is InChI=1S/C10H10N6O4S2/c1-16-10(13-6(17)7(18)14-16)22-8(19)5(15-20-2)4-3-21-9(11)12-4/h3H,1-2H3,(H2,11,12)(H,14,18). The third-order valence-corrected chi connectivity index (χ3v) is 3.87. The van der Waals surface area contributed by atoms with Crippen molar-refractivity contribution in [3.8, 4) is 0 Å². The van der Waals surface area contributed by atoms with Crippen molar-refractivity contribution in [3.63, 3.8) is 0 Å². The lowest BCUT2D eigenvalue weighted by Crippen LogP contribution is -2.34. The van der Waals surface area contributed by atoms with Crippen molar-refractivity contribution in [2.24, 2.45) is 12.2 Å². The van der Waals surface area contributed by atoms with Crippen LogP contribution in [0.3, 0.4) is 0 Å². The maximum Gasteiger partial charge on any atom is 0.339 e. The maximum atomic E-state index is 12.3. The van der Waals surface area contributed by atoms with Crippen LogP contribution in [-0.2, 0) is 16.7 Å². The van der Waals surface area contributed by atoms with Crippen LogP contribution in [0.25, 0.3) is 0 Å². The van der Waals surface area contributed by atoms with Crippen LogP contribution < -0.4 is 16.9 Å². The molecule has 0 bridgehead atoms. The number of aromatic nitrogens is 4. The average Bonchev–Trinajstić information content (AvgIpc) is 2.88. The van der Waals surface area contributed by atoms with E-state index < -0.39 is 16.2 Å². The molecule has 0 unspecified atom stereocenters. The van der Waals surface area contributed by atoms with Gasteiger partial charge in [0, 0.05) is 12.4 Å². The lowest BCUT2D eigenvalue weighted by molar-refractivity contribution is -0.105. The van der Waals surface area contributed by atoms with Gasteiger partial charge in [-0.15, -0.1) is 11.3 Å². The number of oxime groups is 1. The number of hydrogen-bond acceptors (Lipinski definition) is 10. The van der Waals surface area contributed by atoms with Crippen molar-refractivity contribution >= 4 is 39.1 Å². The van der Waals surface area contributed by atoms with E-state index in [1.54, 1.807) is 5.38 Å². The summed E-state index contributed by atoms with van der Waals surface area (Å²) in [4.78, 5) is 46.8. The van der Waals surface area contributed by atoms with Gasteiger partial charge < -0.3 is 10.6 Å². The number of thioether (sulfide) groups is 1. The third-order valence-electron chi connectivity index (χ3n) is 2.27. The Morgan fingerprint density at radius 2 is 2.23 bits per heavy atom. The number of nitrogens with zero attached hydrogens (tertiary/aromatic N) is 4. The predicted octanol–water partition coefficient (Wildman–Crippen LogP) is -0.823. The van der Waals surface area contributed by atoms with Gasteiger partial charge in [0.2, 0.25) is 0 Å². The summed E-state index contributed by atoms with van der Waals surface area (Å²) < 4.78 is 1.16. The topological polar surface area (TPSA) is 145 Å². The summed E-state index contributed by atoms with van der Waals surface area (Å²) in [7, 11) is 2.72. The summed E-state index contributed by atoms with van der Waals surface area (Å²) in [5.74, 6) is 0. The number of nitrogen functional groups attached to an aromatic ring is 1. The number of nitrogens with one attached hydrogen (secondary N) is 1. The fourth-order valence-electron chi connectivity index (χ4n) is 1.36. The number of H-pyrrole nitrogens is 1. The minimum atomic E-state index is -0.989. The quantitative estimate of drug-likeness (QED) is 0.317. The van der Waals surface area contributed by atoms with Gasteiger partial charge in [0.25, 0.3) is 5.12 Å². The Balaban J connectivity index is 2.34. The van der Waals surface area contributed by atoms with Gasteiger partial charge in [0.1, 0.15) is 12.8 Å². The Hall–Kier alpha value is -2.47. The molecule has 2 aromatic rings. The normalized spacial score (nSPS) is 11.5. The summed E-state index contributed by atoms with van der Waals surface area (Å²) in [5.41, 5.74) is 3.82. The zero-order chi connectivity index (χ0) is 16.3. The van der Waals surface area contributed by atoms with E-state index in [9.17, 15) is 14.4 Å². The second-order valence-corrected chi connectivity index (χ2v) is 5.61. The van der Waals surface area contributed by atoms with E-state index >= 15 is 0 Å². The molecule has 0 atom stereocenters. The number of aryl methyl sites for hydroxylation is 1. The smallest absolute Gasteiger partial charge is 0.339 e. The van der Waals surface area contributed by atoms with Crippen molar-refractivity contribution in [2.75, 3.05) is 12.8 Å². The molecule has 0 aliphatic rings. The summed E-state index contributed by atoms with van der Waals surface area (Å²) in [6, 6.07) is 0. The lowest BCUT2D eigenvalue weighted by atomic mass is 10.3. The lowest BCUT2D eigenvalue weighted by Gasteiger charge is -2.05. The molecule has 0 radical (unpaired) electrons. The second-order valence-electron chi connectivity index (χ2n) is 3.78. The minimum absolute atomic E-state index is 0.00149. The Labute approximate surface area is 131 Å². The Bertz CT molecular complexity index is 852. The fourth-order valence-corrected chi connectivity index (χ4v) is 2.62. The molecule has 2 heterocycles. The molecular formula is C10H10N6O4S2. The largest absolute Gasteiger partial charge is 0.398 e. The molecule has 2 rings (SSSR count). The zero-order valence-corrected chi connectivity index (χ0v) is 13.0. The minimum Gasteiger partial charge on any atom is -0.398 e. The molecule has 0 aliphatic carbocycles. The second kappa shape index (κ2) is 6.53. The Morgan fingerprint density at radius 1 is 1.50 bits per heavy atom. The molecule has 0 fully saturated rings. The van der Waals surface area contributed by atoms with E-state index in [2.05, 4.69) is 25.1 Å². The molecule has 116 valence electrons. The molecule has 0 spiro atoms. The van der Waals surface area contributed by atoms with Gasteiger partial charge in [0.15, 0.2) is 16.0 Å². The van der Waals surface area contributed by atoms with Gasteiger partial charge in [-0.25, -0.2) is 4.98 Å². The van der Waals surface area contributed by atoms with Gasteiger partial charge >= 0.3 is 11.1 Å². The number of hydrogen-bond donors (Lipinski definition) is 2. The van der Waals surface area contributed by atoms with E-state index in [1.807, 2.05) is 0 Å². The average molecular weight is 342 g/mol. The molecule has 22 heavy (non-hydrogen) atoms. The van der Waals surface area contributed by atoms with E-state index in [-0.39, 0.29) is 21.7 Å². The molecule has 2 aromatic heterocycles. The summed E-state index contributed by atoms with van der Waals surface area (Å²) in [6.07, 6.45) is 0. The SMILES string of the molecule is CON=C(C(=O)Sc1nc(=O)c(=O)[nH]n1C)c1csc(N)n1. The highest BCUT2D eigenvalue weighted by molar-refractivity contribution is 8.15. The number of rotatable bonds is 4. The summed E-state index contributed by atoms with van der Waals surface area (Å²) in [5, 5.41) is 7.11. The third kappa shape index (κ3) is 3.40. The maximum absolute atomic E-state index is 12.3. The molecule has 0 amide bonds. The number of anilines is 1. The number of aromatic amines is 1. The van der Waals surface area contributed by atoms with Crippen LogP contribution >= 0.6 is 23.1 Å². The fraction of sp³-hybridized carbons (Fsp3) is 0.200. The van der Waals surface area contributed by atoms with E-state index in [1.165, 1.54) is 14.2 Å². The first-order valence-corrected chi connectivity index (χ1v) is 7.34. The molecule has 3 N–H and O–H groups in total. The van der Waals surface area contributed by atoms with Crippen LogP contribution in [0.5, 0.6) is 0 Å². The van der Waals surface area contributed by atoms with Gasteiger partial charge in [-0.05, 0) is 11.8 Å². The molecule has 10 nitrogen and oxygen atoms in total. The van der Waals surface area contributed by atoms with Crippen molar-refractivity contribution in [1.29, 1.82) is 0 Å². The first-order valence-electron chi connectivity index (χ1n) is 5.64. The number of carbonyl (C=O) groups is 1. The van der Waals surface area contributed by atoms with Crippen LogP contribution in [-0.4, -0.2) is 37.7 Å². The van der Waals surface area contributed by atoms with Crippen LogP contribution in [0.4, 0.5) is 5.13 Å². The first-order chi connectivity index (χ1) is 10.4. The molecule has 0 saturated heterocycles. The predicted molar refractivity (Wildman–Crippen MR) is 81.0 cm³/mol. The van der Waals surface area contributed by atoms with Crippen LogP contribution in [0.15, 0.2) is 25.3 Å². The number of thiazole rings is 1. The molecule has 0 saturated carbocycles. The Morgan fingerprint density at radius 3 is 2.82 bits per heavy atom. The van der Waals surface area contributed by atoms with Crippen LogP contribution in [0.2, 0.25) is 0 Å². The monoisotopic (exact) mass is 342 g/mol. The van der Waals surface area contributed by atoms with Gasteiger partial charge in [0.05, 0.1) is 0 Å². The molecular weight excluding hydrogens is 332 g/mol. The van der Waals surface area contributed by atoms with Gasteiger partial charge in [-0.3, -0.25) is 24.2 Å². The van der Waals surface area contributed by atoms with Gasteiger partial charge in [-0.1, -0.05) is 5.16 Å². The Kier molecular flexibility index (Phi) is 4.72. The van der Waals surface area contributed by atoms with Crippen molar-refractivity contribution in [1.82, 2.24) is 19.7 Å². The molecule has 12 heteroatoms. The van der Waals surface area contributed by atoms with Crippen molar-refractivity contribution < 1.29 is 9.63 Å². The van der Waals surface area contributed by atoms with E-state index in [0.29, 0.717) is 11.8 Å². The highest BCUT2D eigenvalue weighted by Crippen LogP contribution is 2.19. The highest BCUT2D eigenvalue weighted by Gasteiger charge is 2.21. The zero-order valence-electron chi connectivity index (χ0n) is 11.4. The number of carbonyl (C=O) groups excluding carboxylic acids is 1. The number of nitrogens with two attached hydrogens (primary N) is 1. The van der Waals surface area contributed by atoms with Crippen molar-refractivity contribution in [3.05, 3.63) is 31.8 Å². The summed E-state index contributed by atoms with van der Waals surface area (Å²) >= 11 is 1.74. The highest BCUT2D eigenvalue weighted by atomic mass is 32.2. The van der Waals surface area contributed by atoms with Crippen LogP contribution in [0, 0.1) is 0 Å². The van der Waals surface area contributed by atoms with Crippen LogP contribution in [0.1, 0.15) is 5.69 Å². The van der Waals surface area contributed by atoms with Crippen molar-refractivity contribution in [2.45, 2.75) is 5.16 Å². The first kappa shape index (κ1) is 15.9. The molecule has 0 aliphatic heterocycles. The van der Waals surface area contributed by atoms with E-state index in [0.717, 1.165) is 16.0 Å². The molecule has 0 aromatic carbocycles. The van der Waals surface area contributed by atoms with E-state index in [4.69, 9.17) is 5.73 Å². The van der Waals surface area contributed by atoms with Gasteiger partial charge in [-0.2, -0.15) is 4.98 Å².